The molecule has 148 valence electrons. The lowest BCUT2D eigenvalue weighted by Gasteiger charge is -2.29. The molecule has 2 heterocycles. The van der Waals surface area contributed by atoms with E-state index in [9.17, 15) is 9.59 Å². The highest BCUT2D eigenvalue weighted by Crippen LogP contribution is 2.33. The van der Waals surface area contributed by atoms with Crippen molar-refractivity contribution in [3.05, 3.63) is 23.8 Å². The number of hydrogen-bond donors (Lipinski definition) is 0. The van der Waals surface area contributed by atoms with Gasteiger partial charge in [0, 0.05) is 44.7 Å². The molecule has 2 aliphatic rings. The van der Waals surface area contributed by atoms with Crippen molar-refractivity contribution in [2.75, 3.05) is 54.0 Å². The zero-order valence-electron chi connectivity index (χ0n) is 16.4. The Hall–Kier alpha value is -2.28. The van der Waals surface area contributed by atoms with Gasteiger partial charge < -0.3 is 24.2 Å². The third-order valence-electron chi connectivity index (χ3n) is 5.15. The molecule has 1 aromatic rings. The first-order chi connectivity index (χ1) is 13.0. The molecule has 0 saturated carbocycles. The van der Waals surface area contributed by atoms with Gasteiger partial charge in [-0.25, -0.2) is 0 Å². The second-order valence-corrected chi connectivity index (χ2v) is 7.45. The van der Waals surface area contributed by atoms with Gasteiger partial charge in [-0.05, 0) is 26.6 Å². The summed E-state index contributed by atoms with van der Waals surface area (Å²) in [5.74, 6) is 1.29. The quantitative estimate of drug-likeness (QED) is 0.774. The molecule has 0 bridgehead atoms. The van der Waals surface area contributed by atoms with Crippen molar-refractivity contribution in [1.82, 2.24) is 14.7 Å². The zero-order chi connectivity index (χ0) is 19.4. The van der Waals surface area contributed by atoms with E-state index >= 15 is 0 Å². The van der Waals surface area contributed by atoms with Crippen LogP contribution in [0.15, 0.2) is 18.2 Å². The number of rotatable bonds is 5. The summed E-state index contributed by atoms with van der Waals surface area (Å²) in [4.78, 5) is 31.1. The molecular weight excluding hydrogens is 346 g/mol. The van der Waals surface area contributed by atoms with E-state index in [4.69, 9.17) is 9.47 Å². The number of fused-ring (bicyclic) bond motifs is 1. The summed E-state index contributed by atoms with van der Waals surface area (Å²) in [5, 5.41) is 0. The van der Waals surface area contributed by atoms with Crippen LogP contribution in [-0.4, -0.2) is 80.5 Å². The molecule has 0 unspecified atom stereocenters. The number of methoxy groups -OCH3 is 1. The second kappa shape index (κ2) is 8.61. The lowest BCUT2D eigenvalue weighted by Crippen LogP contribution is -2.39. The predicted octanol–water partition coefficient (Wildman–Crippen LogP) is 1.22. The lowest BCUT2D eigenvalue weighted by atomic mass is 10.1. The van der Waals surface area contributed by atoms with Crippen LogP contribution in [0, 0.1) is 5.92 Å². The molecule has 1 saturated heterocycles. The summed E-state index contributed by atoms with van der Waals surface area (Å²) in [7, 11) is 5.58. The molecule has 0 radical (unpaired) electrons. The first-order valence-electron chi connectivity index (χ1n) is 9.49. The second-order valence-electron chi connectivity index (χ2n) is 7.45. The smallest absolute Gasteiger partial charge is 0.228 e. The van der Waals surface area contributed by atoms with Crippen molar-refractivity contribution < 1.29 is 19.1 Å². The molecule has 27 heavy (non-hydrogen) atoms. The van der Waals surface area contributed by atoms with Crippen molar-refractivity contribution in [3.8, 4) is 11.5 Å². The van der Waals surface area contributed by atoms with Crippen molar-refractivity contribution in [1.29, 1.82) is 0 Å². The van der Waals surface area contributed by atoms with E-state index in [1.165, 1.54) is 0 Å². The highest BCUT2D eigenvalue weighted by molar-refractivity contribution is 5.89. The summed E-state index contributed by atoms with van der Waals surface area (Å²) >= 11 is 0. The SMILES string of the molecule is COc1cccc2c1OCCCN(C(=O)[C@@H]1CC(=O)N(CCN(C)C)C1)C2. The Morgan fingerprint density at radius 3 is 2.93 bits per heavy atom. The average Bonchev–Trinajstić information content (AvgIpc) is 3.00. The lowest BCUT2D eigenvalue weighted by molar-refractivity contribution is -0.136. The van der Waals surface area contributed by atoms with Crippen LogP contribution >= 0.6 is 0 Å². The Morgan fingerprint density at radius 1 is 1.37 bits per heavy atom. The van der Waals surface area contributed by atoms with E-state index in [2.05, 4.69) is 0 Å². The number of likely N-dealkylation sites (tertiary alicyclic amines) is 1. The van der Waals surface area contributed by atoms with Gasteiger partial charge >= 0.3 is 0 Å². The molecular formula is C20H29N3O4. The van der Waals surface area contributed by atoms with E-state index in [-0.39, 0.29) is 17.7 Å². The summed E-state index contributed by atoms with van der Waals surface area (Å²) < 4.78 is 11.3. The molecule has 2 aliphatic heterocycles. The first kappa shape index (κ1) is 19.5. The topological polar surface area (TPSA) is 62.3 Å². The van der Waals surface area contributed by atoms with Crippen LogP contribution in [0.2, 0.25) is 0 Å². The fraction of sp³-hybridized carbons (Fsp3) is 0.600. The maximum absolute atomic E-state index is 13.1. The van der Waals surface area contributed by atoms with Crippen molar-refractivity contribution in [3.63, 3.8) is 0 Å². The number of para-hydroxylation sites is 1. The molecule has 7 nitrogen and oxygen atoms in total. The standard InChI is InChI=1S/C20H29N3O4/c1-21(2)9-10-22-14-16(12-18(22)24)20(25)23-8-5-11-27-19-15(13-23)6-4-7-17(19)26-3/h4,6-7,16H,5,8-14H2,1-3H3/t16-/m1/s1. The number of carbonyl (C=O) groups excluding carboxylic acids is 2. The van der Waals surface area contributed by atoms with Gasteiger partial charge in [-0.2, -0.15) is 0 Å². The minimum Gasteiger partial charge on any atom is -0.493 e. The van der Waals surface area contributed by atoms with Crippen LogP contribution in [-0.2, 0) is 16.1 Å². The monoisotopic (exact) mass is 375 g/mol. The van der Waals surface area contributed by atoms with Gasteiger partial charge in [0.1, 0.15) is 0 Å². The Balaban J connectivity index is 1.70. The molecule has 2 amide bonds. The van der Waals surface area contributed by atoms with Crippen LogP contribution < -0.4 is 9.47 Å². The number of ether oxygens (including phenoxy) is 2. The van der Waals surface area contributed by atoms with E-state index in [1.807, 2.05) is 47.0 Å². The van der Waals surface area contributed by atoms with Gasteiger partial charge in [0.2, 0.25) is 11.8 Å². The fourth-order valence-electron chi connectivity index (χ4n) is 3.65. The largest absolute Gasteiger partial charge is 0.493 e. The summed E-state index contributed by atoms with van der Waals surface area (Å²) in [6.07, 6.45) is 1.07. The van der Waals surface area contributed by atoms with Gasteiger partial charge in [0.25, 0.3) is 0 Å². The van der Waals surface area contributed by atoms with E-state index in [1.54, 1.807) is 7.11 Å². The maximum atomic E-state index is 13.1. The van der Waals surface area contributed by atoms with Gasteiger partial charge in [0.15, 0.2) is 11.5 Å². The Morgan fingerprint density at radius 2 is 2.19 bits per heavy atom. The number of hydrogen-bond acceptors (Lipinski definition) is 5. The van der Waals surface area contributed by atoms with Crippen molar-refractivity contribution >= 4 is 11.8 Å². The summed E-state index contributed by atoms with van der Waals surface area (Å²) in [6.45, 7) is 3.65. The third-order valence-corrected chi connectivity index (χ3v) is 5.15. The Bertz CT molecular complexity index is 692. The van der Waals surface area contributed by atoms with Crippen LogP contribution in [0.1, 0.15) is 18.4 Å². The molecule has 0 aliphatic carbocycles. The van der Waals surface area contributed by atoms with Crippen molar-refractivity contribution in [2.45, 2.75) is 19.4 Å². The normalized spacial score (nSPS) is 20.1. The fourth-order valence-corrected chi connectivity index (χ4v) is 3.65. The number of benzene rings is 1. The zero-order valence-corrected chi connectivity index (χ0v) is 16.4. The molecule has 0 N–H and O–H groups in total. The summed E-state index contributed by atoms with van der Waals surface area (Å²) in [6, 6.07) is 5.74. The van der Waals surface area contributed by atoms with Crippen molar-refractivity contribution in [2.24, 2.45) is 5.92 Å². The molecule has 0 aromatic heterocycles. The van der Waals surface area contributed by atoms with E-state index in [0.717, 1.165) is 18.5 Å². The van der Waals surface area contributed by atoms with Crippen LogP contribution in [0.5, 0.6) is 11.5 Å². The predicted molar refractivity (Wildman–Crippen MR) is 102 cm³/mol. The third kappa shape index (κ3) is 4.53. The first-order valence-corrected chi connectivity index (χ1v) is 9.49. The molecule has 7 heteroatoms. The van der Waals surface area contributed by atoms with Gasteiger partial charge in [0.05, 0.1) is 19.6 Å². The highest BCUT2D eigenvalue weighted by atomic mass is 16.5. The van der Waals surface area contributed by atoms with Crippen LogP contribution in [0.25, 0.3) is 0 Å². The summed E-state index contributed by atoms with van der Waals surface area (Å²) in [5.41, 5.74) is 0.941. The average molecular weight is 375 g/mol. The van der Waals surface area contributed by atoms with Crippen LogP contribution in [0.4, 0.5) is 0 Å². The number of likely N-dealkylation sites (N-methyl/N-ethyl adjacent to an activating group) is 1. The number of nitrogens with zero attached hydrogens (tertiary/aromatic N) is 3. The van der Waals surface area contributed by atoms with Gasteiger partial charge in [-0.1, -0.05) is 12.1 Å². The van der Waals surface area contributed by atoms with Crippen LogP contribution in [0.3, 0.4) is 0 Å². The molecule has 1 atom stereocenters. The van der Waals surface area contributed by atoms with Gasteiger partial charge in [-0.3, -0.25) is 9.59 Å². The molecule has 3 rings (SSSR count). The van der Waals surface area contributed by atoms with E-state index in [0.29, 0.717) is 50.7 Å². The minimum absolute atomic E-state index is 0.0615. The molecule has 0 spiro atoms. The molecule has 1 fully saturated rings. The Labute approximate surface area is 160 Å². The van der Waals surface area contributed by atoms with Gasteiger partial charge in [-0.15, -0.1) is 0 Å². The van der Waals surface area contributed by atoms with E-state index < -0.39 is 0 Å². The molecule has 1 aromatic carbocycles. The number of carbonyl (C=O) groups is 2. The minimum atomic E-state index is -0.255. The highest BCUT2D eigenvalue weighted by Gasteiger charge is 2.36. The Kier molecular flexibility index (Phi) is 6.21. The number of amides is 2. The maximum Gasteiger partial charge on any atom is 0.228 e.